The Bertz CT molecular complexity index is 1190. The van der Waals surface area contributed by atoms with Crippen LogP contribution in [0, 0.1) is 13.8 Å². The molecule has 0 amide bonds. The fraction of sp³-hybridized carbons (Fsp3) is 0.417. The van der Waals surface area contributed by atoms with E-state index >= 15 is 0 Å². The van der Waals surface area contributed by atoms with Crippen LogP contribution in [-0.4, -0.2) is 49.7 Å². The lowest BCUT2D eigenvalue weighted by molar-refractivity contribution is 0.190. The van der Waals surface area contributed by atoms with Crippen molar-refractivity contribution in [3.8, 4) is 0 Å². The standard InChI is InChI=1S/C24H30N6/c1-16-12-20(10-11-28(16)4)25-21-14-22-23(30-18(3)26-27-24(21)30)13-17(2)29(22)15-19-8-6-5-7-9-19/h5-9,13-14,16,20,25H,10-12,15H2,1-4H3/t16-,20+/m1/s1. The third kappa shape index (κ3) is 3.25. The summed E-state index contributed by atoms with van der Waals surface area (Å²) in [5.74, 6) is 0.923. The number of nitrogens with zero attached hydrogens (tertiary/aromatic N) is 5. The predicted molar refractivity (Wildman–Crippen MR) is 122 cm³/mol. The van der Waals surface area contributed by atoms with E-state index in [0.29, 0.717) is 12.1 Å². The summed E-state index contributed by atoms with van der Waals surface area (Å²) in [5.41, 5.74) is 6.94. The van der Waals surface area contributed by atoms with Gasteiger partial charge < -0.3 is 14.8 Å². The maximum Gasteiger partial charge on any atom is 0.184 e. The molecule has 1 aromatic carbocycles. The van der Waals surface area contributed by atoms with Crippen LogP contribution in [-0.2, 0) is 6.54 Å². The van der Waals surface area contributed by atoms with Gasteiger partial charge in [-0.2, -0.15) is 0 Å². The number of benzene rings is 1. The fourth-order valence-electron chi connectivity index (χ4n) is 4.76. The van der Waals surface area contributed by atoms with Crippen LogP contribution in [0.15, 0.2) is 42.5 Å². The number of rotatable bonds is 4. The topological polar surface area (TPSA) is 50.4 Å². The van der Waals surface area contributed by atoms with Gasteiger partial charge >= 0.3 is 0 Å². The van der Waals surface area contributed by atoms with Crippen LogP contribution < -0.4 is 5.32 Å². The minimum absolute atomic E-state index is 0.452. The van der Waals surface area contributed by atoms with Crippen molar-refractivity contribution in [1.29, 1.82) is 0 Å². The molecule has 6 heteroatoms. The molecule has 5 rings (SSSR count). The van der Waals surface area contributed by atoms with Crippen LogP contribution in [0.3, 0.4) is 0 Å². The first-order valence-electron chi connectivity index (χ1n) is 10.9. The summed E-state index contributed by atoms with van der Waals surface area (Å²) in [6.07, 6.45) is 2.28. The van der Waals surface area contributed by atoms with Crippen molar-refractivity contribution in [2.24, 2.45) is 0 Å². The Hall–Kier alpha value is -2.86. The Morgan fingerprint density at radius 1 is 1.07 bits per heavy atom. The van der Waals surface area contributed by atoms with Gasteiger partial charge in [-0.1, -0.05) is 30.3 Å². The molecule has 156 valence electrons. The maximum absolute atomic E-state index is 4.52. The molecule has 1 aliphatic heterocycles. The Morgan fingerprint density at radius 2 is 1.87 bits per heavy atom. The number of aryl methyl sites for hydroxylation is 2. The van der Waals surface area contributed by atoms with Gasteiger partial charge in [0, 0.05) is 30.9 Å². The van der Waals surface area contributed by atoms with Crippen LogP contribution in [0.4, 0.5) is 5.69 Å². The molecule has 6 nitrogen and oxygen atoms in total. The second-order valence-corrected chi connectivity index (χ2v) is 8.79. The summed E-state index contributed by atoms with van der Waals surface area (Å²) in [7, 11) is 2.21. The molecule has 1 N–H and O–H groups in total. The Morgan fingerprint density at radius 3 is 2.63 bits per heavy atom. The van der Waals surface area contributed by atoms with Crippen LogP contribution >= 0.6 is 0 Å². The van der Waals surface area contributed by atoms with Gasteiger partial charge in [0.15, 0.2) is 5.65 Å². The van der Waals surface area contributed by atoms with E-state index in [1.807, 2.05) is 6.92 Å². The van der Waals surface area contributed by atoms with Gasteiger partial charge in [-0.05, 0) is 58.4 Å². The van der Waals surface area contributed by atoms with Crippen molar-refractivity contribution in [3.63, 3.8) is 0 Å². The van der Waals surface area contributed by atoms with Gasteiger partial charge in [-0.3, -0.25) is 4.40 Å². The van der Waals surface area contributed by atoms with Gasteiger partial charge in [0.05, 0.1) is 16.7 Å². The molecule has 0 bridgehead atoms. The molecule has 1 fully saturated rings. The van der Waals surface area contributed by atoms with Gasteiger partial charge in [0.25, 0.3) is 0 Å². The smallest absolute Gasteiger partial charge is 0.184 e. The summed E-state index contributed by atoms with van der Waals surface area (Å²) >= 11 is 0. The number of nitrogens with one attached hydrogen (secondary N) is 1. The second-order valence-electron chi connectivity index (χ2n) is 8.79. The highest BCUT2D eigenvalue weighted by Crippen LogP contribution is 2.30. The first kappa shape index (κ1) is 19.1. The quantitative estimate of drug-likeness (QED) is 0.555. The van der Waals surface area contributed by atoms with Gasteiger partial charge in [-0.15, -0.1) is 10.2 Å². The molecule has 1 saturated heterocycles. The molecular weight excluding hydrogens is 372 g/mol. The average Bonchev–Trinajstić information content (AvgIpc) is 3.26. The summed E-state index contributed by atoms with van der Waals surface area (Å²) in [4.78, 5) is 2.44. The zero-order valence-corrected chi connectivity index (χ0v) is 18.3. The van der Waals surface area contributed by atoms with Crippen molar-refractivity contribution in [1.82, 2.24) is 24.1 Å². The minimum atomic E-state index is 0.452. The van der Waals surface area contributed by atoms with Crippen molar-refractivity contribution < 1.29 is 0 Å². The molecule has 4 aromatic rings. The molecule has 4 heterocycles. The highest BCUT2D eigenvalue weighted by Gasteiger charge is 2.24. The Balaban J connectivity index is 1.60. The molecule has 0 aliphatic carbocycles. The third-order valence-corrected chi connectivity index (χ3v) is 6.66. The van der Waals surface area contributed by atoms with Gasteiger partial charge in [-0.25, -0.2) is 0 Å². The predicted octanol–water partition coefficient (Wildman–Crippen LogP) is 4.24. The number of fused-ring (bicyclic) bond motifs is 3. The summed E-state index contributed by atoms with van der Waals surface area (Å²) < 4.78 is 4.59. The number of hydrogen-bond acceptors (Lipinski definition) is 4. The van der Waals surface area contributed by atoms with Crippen LogP contribution in [0.2, 0.25) is 0 Å². The van der Waals surface area contributed by atoms with Crippen molar-refractivity contribution in [2.45, 2.75) is 52.2 Å². The summed E-state index contributed by atoms with van der Waals surface area (Å²) in [5, 5.41) is 12.7. The van der Waals surface area contributed by atoms with E-state index in [9.17, 15) is 0 Å². The Labute approximate surface area is 177 Å². The van der Waals surface area contributed by atoms with E-state index in [-0.39, 0.29) is 0 Å². The van der Waals surface area contributed by atoms with Crippen molar-refractivity contribution >= 4 is 22.4 Å². The Kier molecular flexibility index (Phi) is 4.74. The highest BCUT2D eigenvalue weighted by atomic mass is 15.3. The molecule has 0 unspecified atom stereocenters. The number of anilines is 1. The molecule has 3 aromatic heterocycles. The number of pyridine rings is 1. The SMILES string of the molecule is Cc1cc2c(cc(N[C@H]3CCN(C)[C@H](C)C3)c3nnc(C)n32)n1Cc1ccccc1. The van der Waals surface area contributed by atoms with Crippen molar-refractivity contribution in [2.75, 3.05) is 18.9 Å². The lowest BCUT2D eigenvalue weighted by Gasteiger charge is -2.35. The van der Waals surface area contributed by atoms with Crippen LogP contribution in [0.25, 0.3) is 16.7 Å². The minimum Gasteiger partial charge on any atom is -0.379 e. The number of likely N-dealkylation sites (tertiary alicyclic amines) is 1. The molecule has 2 atom stereocenters. The number of aromatic nitrogens is 4. The zero-order chi connectivity index (χ0) is 20.8. The van der Waals surface area contributed by atoms with E-state index in [0.717, 1.165) is 43.1 Å². The first-order valence-corrected chi connectivity index (χ1v) is 10.9. The lowest BCUT2D eigenvalue weighted by Crippen LogP contribution is -2.42. The van der Waals surface area contributed by atoms with Gasteiger partial charge in [0.2, 0.25) is 0 Å². The van der Waals surface area contributed by atoms with E-state index in [1.165, 1.54) is 22.3 Å². The second kappa shape index (κ2) is 7.43. The zero-order valence-electron chi connectivity index (χ0n) is 18.3. The monoisotopic (exact) mass is 402 g/mol. The molecule has 1 aliphatic rings. The van der Waals surface area contributed by atoms with Crippen molar-refractivity contribution in [3.05, 3.63) is 59.5 Å². The van der Waals surface area contributed by atoms with E-state index < -0.39 is 0 Å². The summed E-state index contributed by atoms with van der Waals surface area (Å²) in [6, 6.07) is 16.2. The average molecular weight is 403 g/mol. The lowest BCUT2D eigenvalue weighted by atomic mass is 9.99. The van der Waals surface area contributed by atoms with Crippen LogP contribution in [0.5, 0.6) is 0 Å². The maximum atomic E-state index is 4.52. The number of piperidine rings is 1. The van der Waals surface area contributed by atoms with Gasteiger partial charge in [0.1, 0.15) is 5.82 Å². The molecule has 30 heavy (non-hydrogen) atoms. The molecular formula is C24H30N6. The van der Waals surface area contributed by atoms with Crippen LogP contribution in [0.1, 0.15) is 36.8 Å². The molecule has 0 saturated carbocycles. The fourth-order valence-corrected chi connectivity index (χ4v) is 4.76. The molecule has 0 spiro atoms. The van der Waals surface area contributed by atoms with E-state index in [4.69, 9.17) is 0 Å². The largest absolute Gasteiger partial charge is 0.379 e. The number of hydrogen-bond donors (Lipinski definition) is 1. The first-order chi connectivity index (χ1) is 14.5. The molecule has 0 radical (unpaired) electrons. The third-order valence-electron chi connectivity index (χ3n) is 6.66. The van der Waals surface area contributed by atoms with E-state index in [1.54, 1.807) is 0 Å². The highest BCUT2D eigenvalue weighted by molar-refractivity contribution is 5.88. The normalized spacial score (nSPS) is 20.3. The van der Waals surface area contributed by atoms with E-state index in [2.05, 4.69) is 92.7 Å². The summed E-state index contributed by atoms with van der Waals surface area (Å²) in [6.45, 7) is 8.49.